The number of hydrogen-bond donors (Lipinski definition) is 1. The Kier molecular flexibility index (Phi) is 2.68. The maximum atomic E-state index is 10.8. The largest absolute Gasteiger partial charge is 0.507 e. The van der Waals surface area contributed by atoms with Crippen molar-refractivity contribution in [3.05, 3.63) is 79.1 Å². The number of rotatable bonds is 1. The number of phenolic OH excluding ortho intramolecular Hbond substituents is 1. The second kappa shape index (κ2) is 4.87. The summed E-state index contributed by atoms with van der Waals surface area (Å²) in [5, 5.41) is 16.0. The fraction of sp³-hybridized carbons (Fsp3) is 0. The Bertz CT molecular complexity index is 1210. The van der Waals surface area contributed by atoms with Gasteiger partial charge in [0, 0.05) is 21.9 Å². The average molecular weight is 310 g/mol. The molecule has 1 heterocycles. The Balaban J connectivity index is 1.90. The van der Waals surface area contributed by atoms with E-state index in [9.17, 15) is 5.11 Å². The van der Waals surface area contributed by atoms with Crippen molar-refractivity contribution in [1.29, 1.82) is 0 Å². The van der Waals surface area contributed by atoms with Gasteiger partial charge in [0.2, 0.25) is 0 Å². The van der Waals surface area contributed by atoms with Crippen LogP contribution in [0.2, 0.25) is 0 Å². The summed E-state index contributed by atoms with van der Waals surface area (Å²) < 4.78 is 5.77. The van der Waals surface area contributed by atoms with E-state index in [1.165, 1.54) is 0 Å². The molecule has 0 aliphatic heterocycles. The van der Waals surface area contributed by atoms with Crippen LogP contribution >= 0.6 is 0 Å². The molecule has 0 amide bonds. The second-order valence-electron chi connectivity index (χ2n) is 5.99. The Labute approximate surface area is 138 Å². The van der Waals surface area contributed by atoms with Crippen molar-refractivity contribution >= 4 is 32.5 Å². The van der Waals surface area contributed by atoms with E-state index in [-0.39, 0.29) is 0 Å². The highest BCUT2D eigenvalue weighted by molar-refractivity contribution is 6.14. The van der Waals surface area contributed by atoms with Gasteiger partial charge in [-0.1, -0.05) is 60.7 Å². The number of fused-ring (bicyclic) bond motifs is 4. The topological polar surface area (TPSA) is 33.4 Å². The smallest absolute Gasteiger partial charge is 0.135 e. The number of phenols is 1. The van der Waals surface area contributed by atoms with Crippen molar-refractivity contribution in [2.45, 2.75) is 0 Å². The Hall–Kier alpha value is -3.26. The first kappa shape index (κ1) is 13.2. The lowest BCUT2D eigenvalue weighted by atomic mass is 9.96. The molecular formula is C22H14O2. The van der Waals surface area contributed by atoms with Crippen molar-refractivity contribution in [2.75, 3.05) is 0 Å². The minimum atomic E-state index is 0.295. The zero-order valence-electron chi connectivity index (χ0n) is 12.9. The molecule has 0 saturated heterocycles. The number of aromatic hydroxyl groups is 1. The first-order valence-electron chi connectivity index (χ1n) is 7.93. The Morgan fingerprint density at radius 3 is 2.12 bits per heavy atom. The zero-order chi connectivity index (χ0) is 16.1. The van der Waals surface area contributed by atoms with Crippen LogP contribution in [0.4, 0.5) is 0 Å². The summed E-state index contributed by atoms with van der Waals surface area (Å²) in [6.45, 7) is 0. The molecule has 0 atom stereocenters. The average Bonchev–Trinajstić information content (AvgIpc) is 3.07. The van der Waals surface area contributed by atoms with Gasteiger partial charge in [0.15, 0.2) is 0 Å². The minimum absolute atomic E-state index is 0.295. The first-order valence-corrected chi connectivity index (χ1v) is 7.93. The van der Waals surface area contributed by atoms with Crippen LogP contribution in [-0.4, -0.2) is 5.11 Å². The van der Waals surface area contributed by atoms with Gasteiger partial charge in [-0.25, -0.2) is 0 Å². The number of hydrogen-bond acceptors (Lipinski definition) is 2. The van der Waals surface area contributed by atoms with Crippen molar-refractivity contribution < 1.29 is 9.52 Å². The van der Waals surface area contributed by atoms with Gasteiger partial charge in [0.1, 0.15) is 11.3 Å². The van der Waals surface area contributed by atoms with Crippen LogP contribution < -0.4 is 0 Å². The summed E-state index contributed by atoms with van der Waals surface area (Å²) >= 11 is 0. The van der Waals surface area contributed by atoms with Gasteiger partial charge in [-0.05, 0) is 28.3 Å². The monoisotopic (exact) mass is 310 g/mol. The van der Waals surface area contributed by atoms with Crippen LogP contribution in [-0.2, 0) is 0 Å². The Morgan fingerprint density at radius 1 is 0.625 bits per heavy atom. The van der Waals surface area contributed by atoms with Gasteiger partial charge in [-0.2, -0.15) is 0 Å². The molecular weight excluding hydrogens is 296 g/mol. The van der Waals surface area contributed by atoms with Crippen LogP contribution in [0.5, 0.6) is 5.75 Å². The van der Waals surface area contributed by atoms with Crippen molar-refractivity contribution in [3.8, 4) is 16.9 Å². The Morgan fingerprint density at radius 2 is 1.29 bits per heavy atom. The summed E-state index contributed by atoms with van der Waals surface area (Å²) in [5.41, 5.74) is 2.55. The molecule has 2 nitrogen and oxygen atoms in total. The third-order valence-electron chi connectivity index (χ3n) is 4.65. The molecule has 0 spiro atoms. The molecule has 114 valence electrons. The van der Waals surface area contributed by atoms with E-state index in [1.54, 1.807) is 6.26 Å². The van der Waals surface area contributed by atoms with E-state index in [0.29, 0.717) is 5.75 Å². The third kappa shape index (κ3) is 1.77. The summed E-state index contributed by atoms with van der Waals surface area (Å²) in [6, 6.07) is 24.1. The molecule has 24 heavy (non-hydrogen) atoms. The number of furan rings is 1. The molecule has 5 rings (SSSR count). The maximum Gasteiger partial charge on any atom is 0.135 e. The highest BCUT2D eigenvalue weighted by Gasteiger charge is 2.15. The normalized spacial score (nSPS) is 11.5. The molecule has 0 fully saturated rings. The summed E-state index contributed by atoms with van der Waals surface area (Å²) in [5.74, 6) is 0.295. The molecule has 0 unspecified atom stereocenters. The van der Waals surface area contributed by atoms with E-state index in [2.05, 4.69) is 18.2 Å². The quantitative estimate of drug-likeness (QED) is 0.405. The lowest BCUT2D eigenvalue weighted by Gasteiger charge is -2.08. The van der Waals surface area contributed by atoms with Crippen LogP contribution in [0, 0.1) is 0 Å². The molecule has 0 aliphatic carbocycles. The van der Waals surface area contributed by atoms with E-state index < -0.39 is 0 Å². The van der Waals surface area contributed by atoms with E-state index in [4.69, 9.17) is 4.42 Å². The molecule has 1 N–H and O–H groups in total. The second-order valence-corrected chi connectivity index (χ2v) is 5.99. The fourth-order valence-corrected chi connectivity index (χ4v) is 3.48. The standard InChI is InChI=1S/C22H14O2/c23-22-17-8-4-2-6-15(17)9-11-18(22)19-13-24-20-12-10-14-5-1-3-7-16(14)21(19)20/h1-13,23H. The highest BCUT2D eigenvalue weighted by atomic mass is 16.3. The molecule has 2 heteroatoms. The van der Waals surface area contributed by atoms with Gasteiger partial charge in [0.25, 0.3) is 0 Å². The van der Waals surface area contributed by atoms with Crippen molar-refractivity contribution in [3.63, 3.8) is 0 Å². The van der Waals surface area contributed by atoms with Crippen LogP contribution in [0.1, 0.15) is 0 Å². The van der Waals surface area contributed by atoms with Gasteiger partial charge in [0.05, 0.1) is 6.26 Å². The summed E-state index contributed by atoms with van der Waals surface area (Å²) in [4.78, 5) is 0. The molecule has 4 aromatic carbocycles. The van der Waals surface area contributed by atoms with Crippen molar-refractivity contribution in [1.82, 2.24) is 0 Å². The van der Waals surface area contributed by atoms with Gasteiger partial charge < -0.3 is 9.52 Å². The van der Waals surface area contributed by atoms with Crippen LogP contribution in [0.15, 0.2) is 83.5 Å². The summed E-state index contributed by atoms with van der Waals surface area (Å²) in [6.07, 6.45) is 1.74. The van der Waals surface area contributed by atoms with Gasteiger partial charge >= 0.3 is 0 Å². The van der Waals surface area contributed by atoms with Crippen LogP contribution in [0.3, 0.4) is 0 Å². The lowest BCUT2D eigenvalue weighted by molar-refractivity contribution is 0.483. The lowest BCUT2D eigenvalue weighted by Crippen LogP contribution is -1.82. The molecule has 1 aromatic heterocycles. The predicted molar refractivity (Wildman–Crippen MR) is 98.3 cm³/mol. The maximum absolute atomic E-state index is 10.8. The summed E-state index contributed by atoms with van der Waals surface area (Å²) in [7, 11) is 0. The molecule has 5 aromatic rings. The molecule has 0 radical (unpaired) electrons. The predicted octanol–water partition coefficient (Wildman–Crippen LogP) is 6.11. The van der Waals surface area contributed by atoms with Crippen LogP contribution in [0.25, 0.3) is 43.6 Å². The number of benzene rings is 4. The van der Waals surface area contributed by atoms with Gasteiger partial charge in [-0.15, -0.1) is 0 Å². The van der Waals surface area contributed by atoms with Gasteiger partial charge in [-0.3, -0.25) is 0 Å². The SMILES string of the molecule is Oc1c(-c2coc3ccc4ccccc4c23)ccc2ccccc12. The first-order chi connectivity index (χ1) is 11.8. The van der Waals surface area contributed by atoms with E-state index in [1.807, 2.05) is 54.6 Å². The van der Waals surface area contributed by atoms with E-state index in [0.717, 1.165) is 43.6 Å². The van der Waals surface area contributed by atoms with Crippen molar-refractivity contribution in [2.24, 2.45) is 0 Å². The fourth-order valence-electron chi connectivity index (χ4n) is 3.48. The zero-order valence-corrected chi connectivity index (χ0v) is 12.9. The van der Waals surface area contributed by atoms with E-state index >= 15 is 0 Å². The molecule has 0 bridgehead atoms. The molecule has 0 saturated carbocycles. The highest BCUT2D eigenvalue weighted by Crippen LogP contribution is 2.42. The minimum Gasteiger partial charge on any atom is -0.507 e. The molecule has 0 aliphatic rings. The third-order valence-corrected chi connectivity index (χ3v) is 4.65.